The van der Waals surface area contributed by atoms with E-state index in [1.165, 1.54) is 19.2 Å². The van der Waals surface area contributed by atoms with Gasteiger partial charge >= 0.3 is 5.97 Å². The van der Waals surface area contributed by atoms with E-state index in [-0.39, 0.29) is 12.2 Å². The average molecular weight is 288 g/mol. The number of benzene rings is 2. The third kappa shape index (κ3) is 3.45. The minimum Gasteiger partial charge on any atom is -0.496 e. The van der Waals surface area contributed by atoms with Crippen molar-refractivity contribution < 1.29 is 24.1 Å². The molecule has 0 radical (unpaired) electrons. The number of rotatable bonds is 6. The van der Waals surface area contributed by atoms with Crippen LogP contribution in [0, 0.1) is 0 Å². The summed E-state index contributed by atoms with van der Waals surface area (Å²) in [4.78, 5) is 11.0. The third-order valence-electron chi connectivity index (χ3n) is 2.98. The number of ether oxygens (including phenoxy) is 3. The average Bonchev–Trinajstić information content (AvgIpc) is 2.52. The van der Waals surface area contributed by atoms with E-state index in [2.05, 4.69) is 0 Å². The number of hydrogen-bond acceptors (Lipinski definition) is 4. The molecule has 2 aromatic rings. The second-order valence-corrected chi connectivity index (χ2v) is 4.27. The fourth-order valence-corrected chi connectivity index (χ4v) is 1.92. The number of methoxy groups -OCH3 is 2. The summed E-state index contributed by atoms with van der Waals surface area (Å²) in [5.41, 5.74) is 0.845. The van der Waals surface area contributed by atoms with Crippen molar-refractivity contribution in [2.24, 2.45) is 0 Å². The molecule has 2 rings (SSSR count). The summed E-state index contributed by atoms with van der Waals surface area (Å²) in [7, 11) is 3.09. The van der Waals surface area contributed by atoms with Crippen molar-refractivity contribution in [3.8, 4) is 17.2 Å². The maximum Gasteiger partial charge on any atom is 0.335 e. The second kappa shape index (κ2) is 6.65. The number of carboxylic acid groups (broad SMARTS) is 1. The van der Waals surface area contributed by atoms with Gasteiger partial charge in [-0.2, -0.15) is 0 Å². The summed E-state index contributed by atoms with van der Waals surface area (Å²) < 4.78 is 16.1. The Kier molecular flexibility index (Phi) is 4.66. The Hall–Kier alpha value is -2.69. The van der Waals surface area contributed by atoms with Gasteiger partial charge in [-0.3, -0.25) is 0 Å². The standard InChI is InChI=1S/C16H16O5/c1-19-13-8-7-11(16(17)18)9-12(13)10-21-15-6-4-3-5-14(15)20-2/h3-9H,10H2,1-2H3,(H,17,18). The minimum absolute atomic E-state index is 0.185. The predicted molar refractivity (Wildman–Crippen MR) is 77.3 cm³/mol. The summed E-state index contributed by atoms with van der Waals surface area (Å²) in [5.74, 6) is 0.791. The highest BCUT2D eigenvalue weighted by Gasteiger charge is 2.11. The van der Waals surface area contributed by atoms with Crippen LogP contribution in [-0.4, -0.2) is 25.3 Å². The second-order valence-electron chi connectivity index (χ2n) is 4.27. The van der Waals surface area contributed by atoms with Gasteiger partial charge in [-0.1, -0.05) is 12.1 Å². The molecule has 0 saturated carbocycles. The summed E-state index contributed by atoms with van der Waals surface area (Å²) in [5, 5.41) is 9.04. The molecular weight excluding hydrogens is 272 g/mol. The van der Waals surface area contributed by atoms with E-state index in [1.54, 1.807) is 25.3 Å². The highest BCUT2D eigenvalue weighted by atomic mass is 16.5. The van der Waals surface area contributed by atoms with Crippen LogP contribution >= 0.6 is 0 Å². The van der Waals surface area contributed by atoms with Crippen LogP contribution in [0.4, 0.5) is 0 Å². The molecule has 0 atom stereocenters. The van der Waals surface area contributed by atoms with E-state index >= 15 is 0 Å². The lowest BCUT2D eigenvalue weighted by atomic mass is 10.1. The van der Waals surface area contributed by atoms with Gasteiger partial charge in [0.25, 0.3) is 0 Å². The molecule has 0 heterocycles. The van der Waals surface area contributed by atoms with Crippen LogP contribution in [0.2, 0.25) is 0 Å². The van der Waals surface area contributed by atoms with Gasteiger partial charge < -0.3 is 19.3 Å². The van der Waals surface area contributed by atoms with Crippen molar-refractivity contribution in [2.75, 3.05) is 14.2 Å². The molecule has 21 heavy (non-hydrogen) atoms. The van der Waals surface area contributed by atoms with Crippen LogP contribution < -0.4 is 14.2 Å². The first-order valence-corrected chi connectivity index (χ1v) is 6.31. The van der Waals surface area contributed by atoms with Crippen LogP contribution in [0.5, 0.6) is 17.2 Å². The molecule has 0 spiro atoms. The van der Waals surface area contributed by atoms with Gasteiger partial charge in [0.2, 0.25) is 0 Å². The molecule has 2 aromatic carbocycles. The Morgan fingerprint density at radius 2 is 1.67 bits per heavy atom. The molecule has 0 aliphatic rings. The SMILES string of the molecule is COc1ccc(C(=O)O)cc1COc1ccccc1OC. The van der Waals surface area contributed by atoms with Gasteiger partial charge in [-0.05, 0) is 30.3 Å². The van der Waals surface area contributed by atoms with Crippen molar-refractivity contribution in [2.45, 2.75) is 6.61 Å². The van der Waals surface area contributed by atoms with Gasteiger partial charge in [-0.25, -0.2) is 4.79 Å². The number of para-hydroxylation sites is 2. The summed E-state index contributed by atoms with van der Waals surface area (Å²) in [6.07, 6.45) is 0. The molecule has 0 aliphatic carbocycles. The largest absolute Gasteiger partial charge is 0.496 e. The normalized spacial score (nSPS) is 10.0. The lowest BCUT2D eigenvalue weighted by Gasteiger charge is -2.13. The molecule has 0 fully saturated rings. The van der Waals surface area contributed by atoms with Crippen molar-refractivity contribution >= 4 is 5.97 Å². The molecule has 0 amide bonds. The highest BCUT2D eigenvalue weighted by Crippen LogP contribution is 2.28. The molecule has 110 valence electrons. The fraction of sp³-hybridized carbons (Fsp3) is 0.188. The molecule has 5 nitrogen and oxygen atoms in total. The van der Waals surface area contributed by atoms with E-state index in [0.717, 1.165) is 0 Å². The van der Waals surface area contributed by atoms with E-state index in [0.29, 0.717) is 22.8 Å². The first kappa shape index (κ1) is 14.7. The molecular formula is C16H16O5. The molecule has 1 N–H and O–H groups in total. The summed E-state index contributed by atoms with van der Waals surface area (Å²) in [6, 6.07) is 11.9. The van der Waals surface area contributed by atoms with E-state index in [1.807, 2.05) is 12.1 Å². The van der Waals surface area contributed by atoms with E-state index in [9.17, 15) is 4.79 Å². The van der Waals surface area contributed by atoms with Crippen molar-refractivity contribution in [1.29, 1.82) is 0 Å². The lowest BCUT2D eigenvalue weighted by Crippen LogP contribution is -2.03. The predicted octanol–water partition coefficient (Wildman–Crippen LogP) is 2.98. The molecule has 0 bridgehead atoms. The number of aromatic carboxylic acids is 1. The van der Waals surface area contributed by atoms with Crippen LogP contribution in [0.3, 0.4) is 0 Å². The Balaban J connectivity index is 2.22. The highest BCUT2D eigenvalue weighted by molar-refractivity contribution is 5.88. The van der Waals surface area contributed by atoms with Crippen LogP contribution in [0.25, 0.3) is 0 Å². The van der Waals surface area contributed by atoms with E-state index < -0.39 is 5.97 Å². The molecule has 0 saturated heterocycles. The first-order valence-electron chi connectivity index (χ1n) is 6.31. The smallest absolute Gasteiger partial charge is 0.335 e. The van der Waals surface area contributed by atoms with Gasteiger partial charge in [0.1, 0.15) is 12.4 Å². The van der Waals surface area contributed by atoms with Gasteiger partial charge in [0.05, 0.1) is 19.8 Å². The Labute approximate surface area is 122 Å². The van der Waals surface area contributed by atoms with Crippen LogP contribution in [0.15, 0.2) is 42.5 Å². The number of carboxylic acids is 1. The minimum atomic E-state index is -0.990. The lowest BCUT2D eigenvalue weighted by molar-refractivity contribution is 0.0696. The van der Waals surface area contributed by atoms with Gasteiger partial charge in [-0.15, -0.1) is 0 Å². The Morgan fingerprint density at radius 1 is 1.00 bits per heavy atom. The van der Waals surface area contributed by atoms with Crippen LogP contribution in [0.1, 0.15) is 15.9 Å². The van der Waals surface area contributed by atoms with Crippen LogP contribution in [-0.2, 0) is 6.61 Å². The zero-order valence-electron chi connectivity index (χ0n) is 11.8. The summed E-state index contributed by atoms with van der Waals surface area (Å²) in [6.45, 7) is 0.185. The van der Waals surface area contributed by atoms with Gasteiger partial charge in [0, 0.05) is 5.56 Å². The van der Waals surface area contributed by atoms with Gasteiger partial charge in [0.15, 0.2) is 11.5 Å². The zero-order valence-corrected chi connectivity index (χ0v) is 11.8. The summed E-state index contributed by atoms with van der Waals surface area (Å²) >= 11 is 0. The molecule has 0 aromatic heterocycles. The molecule has 5 heteroatoms. The molecule has 0 aliphatic heterocycles. The molecule has 0 unspecified atom stereocenters. The Bertz CT molecular complexity index is 636. The number of carbonyl (C=O) groups is 1. The first-order chi connectivity index (χ1) is 10.2. The van der Waals surface area contributed by atoms with Crippen molar-refractivity contribution in [1.82, 2.24) is 0 Å². The zero-order chi connectivity index (χ0) is 15.2. The number of hydrogen-bond donors (Lipinski definition) is 1. The Morgan fingerprint density at radius 3 is 2.29 bits per heavy atom. The van der Waals surface area contributed by atoms with E-state index in [4.69, 9.17) is 19.3 Å². The van der Waals surface area contributed by atoms with Crippen molar-refractivity contribution in [3.63, 3.8) is 0 Å². The fourth-order valence-electron chi connectivity index (χ4n) is 1.92. The maximum absolute atomic E-state index is 11.0. The quantitative estimate of drug-likeness (QED) is 0.885. The topological polar surface area (TPSA) is 65.0 Å². The monoisotopic (exact) mass is 288 g/mol. The van der Waals surface area contributed by atoms with Crippen molar-refractivity contribution in [3.05, 3.63) is 53.6 Å². The third-order valence-corrected chi connectivity index (χ3v) is 2.98. The maximum atomic E-state index is 11.0.